The van der Waals surface area contributed by atoms with E-state index in [0.717, 1.165) is 0 Å². The second-order valence-electron chi connectivity index (χ2n) is 4.14. The molecule has 0 radical (unpaired) electrons. The summed E-state index contributed by atoms with van der Waals surface area (Å²) in [6.07, 6.45) is 1.48. The van der Waals surface area contributed by atoms with Gasteiger partial charge < -0.3 is 16.0 Å². The third-order valence-electron chi connectivity index (χ3n) is 2.70. The van der Waals surface area contributed by atoms with Crippen molar-refractivity contribution in [3.05, 3.63) is 41.7 Å². The van der Waals surface area contributed by atoms with E-state index >= 15 is 0 Å². The minimum absolute atomic E-state index is 0.233. The van der Waals surface area contributed by atoms with Crippen molar-refractivity contribution in [2.75, 3.05) is 17.7 Å². The van der Waals surface area contributed by atoms with E-state index in [1.54, 1.807) is 31.2 Å². The molecule has 0 aliphatic heterocycles. The molecular weight excluding hydrogens is 258 g/mol. The summed E-state index contributed by atoms with van der Waals surface area (Å²) in [4.78, 5) is 23.1. The van der Waals surface area contributed by atoms with Crippen LogP contribution in [0.15, 0.2) is 30.5 Å². The Morgan fingerprint density at radius 2 is 1.70 bits per heavy atom. The monoisotopic (exact) mass is 273 g/mol. The minimum Gasteiger partial charge on any atom is -0.341 e. The van der Waals surface area contributed by atoms with E-state index in [4.69, 9.17) is 0 Å². The largest absolute Gasteiger partial charge is 0.341 e. The van der Waals surface area contributed by atoms with Crippen LogP contribution in [-0.4, -0.2) is 29.2 Å². The van der Waals surface area contributed by atoms with Gasteiger partial charge in [0, 0.05) is 24.1 Å². The predicted octanol–water partition coefficient (Wildman–Crippen LogP) is 1.72. The van der Waals surface area contributed by atoms with Crippen LogP contribution in [0.3, 0.4) is 0 Å². The second kappa shape index (κ2) is 5.87. The molecule has 7 nitrogen and oxygen atoms in total. The van der Waals surface area contributed by atoms with Crippen molar-refractivity contribution in [1.82, 2.24) is 15.5 Å². The number of aromatic nitrogens is 2. The summed E-state index contributed by atoms with van der Waals surface area (Å²) in [5, 5.41) is 14.3. The lowest BCUT2D eigenvalue weighted by atomic mass is 10.2. The first-order valence-corrected chi connectivity index (χ1v) is 6.00. The lowest BCUT2D eigenvalue weighted by Gasteiger charge is -2.07. The SMILES string of the molecule is CNC(=O)Nc1ccc(NC(=O)c2cn[nH]c2C)cc1. The highest BCUT2D eigenvalue weighted by Gasteiger charge is 2.10. The van der Waals surface area contributed by atoms with Gasteiger partial charge in [-0.25, -0.2) is 4.79 Å². The number of benzene rings is 1. The van der Waals surface area contributed by atoms with Gasteiger partial charge in [0.25, 0.3) is 5.91 Å². The number of aromatic amines is 1. The molecule has 1 heterocycles. The number of aryl methyl sites for hydroxylation is 1. The van der Waals surface area contributed by atoms with E-state index < -0.39 is 0 Å². The maximum absolute atomic E-state index is 12.0. The number of carbonyl (C=O) groups excluding carboxylic acids is 2. The number of rotatable bonds is 3. The third-order valence-corrected chi connectivity index (χ3v) is 2.70. The van der Waals surface area contributed by atoms with Gasteiger partial charge in [0.05, 0.1) is 11.8 Å². The molecule has 0 saturated heterocycles. The first-order chi connectivity index (χ1) is 9.60. The molecular formula is C13H15N5O2. The molecule has 1 aromatic heterocycles. The molecule has 3 amide bonds. The summed E-state index contributed by atoms with van der Waals surface area (Å²) in [5.74, 6) is -0.233. The highest BCUT2D eigenvalue weighted by atomic mass is 16.2. The molecule has 2 rings (SSSR count). The Hall–Kier alpha value is -2.83. The topological polar surface area (TPSA) is 98.9 Å². The summed E-state index contributed by atoms with van der Waals surface area (Å²) >= 11 is 0. The van der Waals surface area contributed by atoms with E-state index in [9.17, 15) is 9.59 Å². The second-order valence-corrected chi connectivity index (χ2v) is 4.14. The first kappa shape index (κ1) is 13.6. The van der Waals surface area contributed by atoms with Gasteiger partial charge in [-0.3, -0.25) is 9.89 Å². The number of anilines is 2. The van der Waals surface area contributed by atoms with Crippen molar-refractivity contribution in [3.63, 3.8) is 0 Å². The van der Waals surface area contributed by atoms with E-state index in [0.29, 0.717) is 22.6 Å². The highest BCUT2D eigenvalue weighted by molar-refractivity contribution is 6.05. The van der Waals surface area contributed by atoms with Crippen LogP contribution < -0.4 is 16.0 Å². The zero-order valence-electron chi connectivity index (χ0n) is 11.2. The van der Waals surface area contributed by atoms with Crippen LogP contribution in [-0.2, 0) is 0 Å². The van der Waals surface area contributed by atoms with Gasteiger partial charge in [-0.1, -0.05) is 0 Å². The van der Waals surface area contributed by atoms with Gasteiger partial charge in [0.1, 0.15) is 0 Å². The Morgan fingerprint density at radius 3 is 2.20 bits per heavy atom. The number of nitrogens with one attached hydrogen (secondary N) is 4. The van der Waals surface area contributed by atoms with Crippen molar-refractivity contribution < 1.29 is 9.59 Å². The van der Waals surface area contributed by atoms with E-state index in [2.05, 4.69) is 26.1 Å². The standard InChI is InChI=1S/C13H15N5O2/c1-8-11(7-15-18-8)12(19)16-9-3-5-10(6-4-9)17-13(20)14-2/h3-7H,1-2H3,(H,15,18)(H,16,19)(H2,14,17,20). The zero-order valence-corrected chi connectivity index (χ0v) is 11.2. The number of nitrogens with zero attached hydrogens (tertiary/aromatic N) is 1. The van der Waals surface area contributed by atoms with Crippen molar-refractivity contribution in [2.45, 2.75) is 6.92 Å². The summed E-state index contributed by atoms with van der Waals surface area (Å²) in [6, 6.07) is 6.52. The molecule has 0 bridgehead atoms. The Morgan fingerprint density at radius 1 is 1.10 bits per heavy atom. The fraction of sp³-hybridized carbons (Fsp3) is 0.154. The minimum atomic E-state index is -0.296. The number of amides is 3. The Labute approximate surface area is 115 Å². The van der Waals surface area contributed by atoms with Gasteiger partial charge in [-0.15, -0.1) is 0 Å². The molecule has 104 valence electrons. The summed E-state index contributed by atoms with van der Waals surface area (Å²) in [7, 11) is 1.54. The van der Waals surface area contributed by atoms with Crippen LogP contribution in [0.2, 0.25) is 0 Å². The fourth-order valence-electron chi connectivity index (χ4n) is 1.61. The number of urea groups is 1. The quantitative estimate of drug-likeness (QED) is 0.685. The average molecular weight is 273 g/mol. The van der Waals surface area contributed by atoms with E-state index in [-0.39, 0.29) is 11.9 Å². The molecule has 0 unspecified atom stereocenters. The molecule has 4 N–H and O–H groups in total. The molecule has 7 heteroatoms. The van der Waals surface area contributed by atoms with Crippen LogP contribution in [0.5, 0.6) is 0 Å². The van der Waals surface area contributed by atoms with E-state index in [1.807, 2.05) is 0 Å². The summed E-state index contributed by atoms with van der Waals surface area (Å²) < 4.78 is 0. The Balaban J connectivity index is 2.02. The molecule has 0 aliphatic carbocycles. The fourth-order valence-corrected chi connectivity index (χ4v) is 1.61. The lowest BCUT2D eigenvalue weighted by molar-refractivity contribution is 0.102. The van der Waals surface area contributed by atoms with Crippen molar-refractivity contribution in [2.24, 2.45) is 0 Å². The maximum Gasteiger partial charge on any atom is 0.318 e. The molecule has 0 fully saturated rings. The Bertz CT molecular complexity index is 618. The predicted molar refractivity (Wildman–Crippen MR) is 75.8 cm³/mol. The van der Waals surface area contributed by atoms with Crippen LogP contribution in [0.4, 0.5) is 16.2 Å². The van der Waals surface area contributed by atoms with Gasteiger partial charge in [0.15, 0.2) is 0 Å². The highest BCUT2D eigenvalue weighted by Crippen LogP contribution is 2.15. The lowest BCUT2D eigenvalue weighted by Crippen LogP contribution is -2.24. The van der Waals surface area contributed by atoms with Gasteiger partial charge >= 0.3 is 6.03 Å². The molecule has 0 spiro atoms. The van der Waals surface area contributed by atoms with E-state index in [1.165, 1.54) is 13.2 Å². The first-order valence-electron chi connectivity index (χ1n) is 6.00. The number of carbonyl (C=O) groups is 2. The smallest absolute Gasteiger partial charge is 0.318 e. The molecule has 20 heavy (non-hydrogen) atoms. The average Bonchev–Trinajstić information content (AvgIpc) is 2.87. The van der Waals surface area contributed by atoms with Crippen LogP contribution in [0.1, 0.15) is 16.1 Å². The number of H-pyrrole nitrogens is 1. The van der Waals surface area contributed by atoms with Gasteiger partial charge in [-0.05, 0) is 31.2 Å². The summed E-state index contributed by atoms with van der Waals surface area (Å²) in [5.41, 5.74) is 2.48. The van der Waals surface area contributed by atoms with Crippen LogP contribution >= 0.6 is 0 Å². The van der Waals surface area contributed by atoms with Crippen molar-refractivity contribution in [3.8, 4) is 0 Å². The number of hydrogen-bond acceptors (Lipinski definition) is 3. The normalized spacial score (nSPS) is 9.90. The van der Waals surface area contributed by atoms with Crippen LogP contribution in [0, 0.1) is 6.92 Å². The Kier molecular flexibility index (Phi) is 3.99. The summed E-state index contributed by atoms with van der Waals surface area (Å²) in [6.45, 7) is 1.78. The van der Waals surface area contributed by atoms with Gasteiger partial charge in [-0.2, -0.15) is 5.10 Å². The van der Waals surface area contributed by atoms with Crippen molar-refractivity contribution >= 4 is 23.3 Å². The van der Waals surface area contributed by atoms with Crippen LogP contribution in [0.25, 0.3) is 0 Å². The third kappa shape index (κ3) is 3.14. The van der Waals surface area contributed by atoms with Gasteiger partial charge in [0.2, 0.25) is 0 Å². The zero-order chi connectivity index (χ0) is 14.5. The molecule has 0 saturated carbocycles. The number of hydrogen-bond donors (Lipinski definition) is 4. The molecule has 2 aromatic rings. The maximum atomic E-state index is 12.0. The molecule has 1 aromatic carbocycles. The van der Waals surface area contributed by atoms with Crippen molar-refractivity contribution in [1.29, 1.82) is 0 Å². The molecule has 0 atom stereocenters. The molecule has 0 aliphatic rings.